The molecule has 17 heavy (non-hydrogen) atoms. The molecule has 1 aromatic heterocycles. The summed E-state index contributed by atoms with van der Waals surface area (Å²) in [6, 6.07) is 0. The molecule has 0 aliphatic rings. The number of imidazole rings is 1. The zero-order valence-corrected chi connectivity index (χ0v) is 12.0. The van der Waals surface area contributed by atoms with Crippen molar-refractivity contribution < 1.29 is 0 Å². The summed E-state index contributed by atoms with van der Waals surface area (Å²) in [5, 5.41) is 0. The van der Waals surface area contributed by atoms with Crippen LogP contribution in [-0.4, -0.2) is 14.9 Å². The molecular formula is C13H24N2OS. The number of nitrogens with zero attached hydrogens (tertiary/aromatic N) is 2. The van der Waals surface area contributed by atoms with Crippen LogP contribution in [0.2, 0.25) is 0 Å². The molecule has 1 aromatic rings. The Morgan fingerprint density at radius 3 is 2.24 bits per heavy atom. The molecular weight excluding hydrogens is 232 g/mol. The Morgan fingerprint density at radius 1 is 1.18 bits per heavy atom. The number of aromatic nitrogens is 2. The molecule has 0 aromatic carbocycles. The number of aryl methyl sites for hydroxylation is 1. The fourth-order valence-electron chi connectivity index (χ4n) is 2.09. The first kappa shape index (κ1) is 14.4. The SMILES string of the molecule is CCCn1ccn(CC(CC)(CC)CS)c1=O. The van der Waals surface area contributed by atoms with Gasteiger partial charge in [0.1, 0.15) is 0 Å². The monoisotopic (exact) mass is 256 g/mol. The molecule has 0 atom stereocenters. The molecule has 0 saturated carbocycles. The quantitative estimate of drug-likeness (QED) is 0.746. The van der Waals surface area contributed by atoms with Crippen molar-refractivity contribution in [2.45, 2.75) is 53.1 Å². The lowest BCUT2D eigenvalue weighted by Gasteiger charge is -2.29. The molecule has 0 N–H and O–H groups in total. The maximum atomic E-state index is 12.1. The summed E-state index contributed by atoms with van der Waals surface area (Å²) in [6.45, 7) is 8.01. The predicted octanol–water partition coefficient (Wildman–Crippen LogP) is 2.80. The highest BCUT2D eigenvalue weighted by molar-refractivity contribution is 7.80. The van der Waals surface area contributed by atoms with Gasteiger partial charge in [0.2, 0.25) is 0 Å². The molecule has 0 spiro atoms. The summed E-state index contributed by atoms with van der Waals surface area (Å²) in [5.74, 6) is 0.825. The minimum absolute atomic E-state index is 0.111. The van der Waals surface area contributed by atoms with E-state index in [-0.39, 0.29) is 11.1 Å². The molecule has 0 aliphatic carbocycles. The van der Waals surface area contributed by atoms with Crippen LogP contribution in [0.5, 0.6) is 0 Å². The molecule has 4 heteroatoms. The Balaban J connectivity index is 2.91. The van der Waals surface area contributed by atoms with Gasteiger partial charge in [0, 0.05) is 25.5 Å². The Labute approximate surface area is 109 Å². The van der Waals surface area contributed by atoms with E-state index < -0.39 is 0 Å². The van der Waals surface area contributed by atoms with E-state index in [2.05, 4.69) is 33.4 Å². The van der Waals surface area contributed by atoms with Crippen molar-refractivity contribution >= 4 is 12.6 Å². The zero-order valence-electron chi connectivity index (χ0n) is 11.1. The maximum Gasteiger partial charge on any atom is 0.328 e. The van der Waals surface area contributed by atoms with Gasteiger partial charge in [-0.15, -0.1) is 0 Å². The smallest absolute Gasteiger partial charge is 0.299 e. The molecule has 0 fully saturated rings. The summed E-state index contributed by atoms with van der Waals surface area (Å²) in [7, 11) is 0. The molecule has 0 bridgehead atoms. The van der Waals surface area contributed by atoms with Crippen LogP contribution in [0.15, 0.2) is 17.2 Å². The molecule has 0 saturated heterocycles. The zero-order chi connectivity index (χ0) is 12.9. The van der Waals surface area contributed by atoms with E-state index in [0.29, 0.717) is 0 Å². The normalized spacial score (nSPS) is 12.0. The Hall–Kier alpha value is -0.640. The highest BCUT2D eigenvalue weighted by Crippen LogP contribution is 2.29. The Kier molecular flexibility index (Phi) is 5.37. The topological polar surface area (TPSA) is 26.9 Å². The molecule has 0 unspecified atom stereocenters. The van der Waals surface area contributed by atoms with Crippen molar-refractivity contribution in [3.8, 4) is 0 Å². The van der Waals surface area contributed by atoms with Gasteiger partial charge in [0.05, 0.1) is 0 Å². The van der Waals surface area contributed by atoms with Gasteiger partial charge >= 0.3 is 5.69 Å². The highest BCUT2D eigenvalue weighted by Gasteiger charge is 2.25. The lowest BCUT2D eigenvalue weighted by Crippen LogP contribution is -2.33. The standard InChI is InChI=1S/C13H24N2OS/c1-4-7-14-8-9-15(12(14)16)10-13(5-2,6-3)11-17/h8-9,17H,4-7,10-11H2,1-3H3. The first-order valence-electron chi connectivity index (χ1n) is 6.49. The average molecular weight is 256 g/mol. The molecule has 1 heterocycles. The van der Waals surface area contributed by atoms with Crippen molar-refractivity contribution in [2.24, 2.45) is 5.41 Å². The van der Waals surface area contributed by atoms with E-state index >= 15 is 0 Å². The van der Waals surface area contributed by atoms with E-state index in [1.807, 2.05) is 17.0 Å². The van der Waals surface area contributed by atoms with Crippen LogP contribution in [-0.2, 0) is 13.1 Å². The first-order valence-corrected chi connectivity index (χ1v) is 7.12. The molecule has 1 rings (SSSR count). The molecule has 3 nitrogen and oxygen atoms in total. The molecule has 0 amide bonds. The van der Waals surface area contributed by atoms with Crippen LogP contribution in [0, 0.1) is 5.41 Å². The van der Waals surface area contributed by atoms with Crippen LogP contribution in [0.25, 0.3) is 0 Å². The highest BCUT2D eigenvalue weighted by atomic mass is 32.1. The van der Waals surface area contributed by atoms with Crippen LogP contribution in [0.3, 0.4) is 0 Å². The van der Waals surface area contributed by atoms with Crippen molar-refractivity contribution in [1.29, 1.82) is 0 Å². The summed E-state index contributed by atoms with van der Waals surface area (Å²) in [4.78, 5) is 12.1. The van der Waals surface area contributed by atoms with Gasteiger partial charge < -0.3 is 0 Å². The Bertz CT molecular complexity index is 382. The predicted molar refractivity (Wildman–Crippen MR) is 75.9 cm³/mol. The number of thiol groups is 1. The second-order valence-electron chi connectivity index (χ2n) is 4.77. The van der Waals surface area contributed by atoms with Crippen LogP contribution in [0.4, 0.5) is 0 Å². The number of hydrogen-bond acceptors (Lipinski definition) is 2. The largest absolute Gasteiger partial charge is 0.328 e. The third-order valence-corrected chi connectivity index (χ3v) is 4.39. The van der Waals surface area contributed by atoms with Gasteiger partial charge in [0.15, 0.2) is 0 Å². The van der Waals surface area contributed by atoms with Gasteiger partial charge in [-0.25, -0.2) is 4.79 Å². The molecule has 0 aliphatic heterocycles. The van der Waals surface area contributed by atoms with Crippen molar-refractivity contribution in [2.75, 3.05) is 5.75 Å². The third-order valence-electron chi connectivity index (χ3n) is 3.72. The van der Waals surface area contributed by atoms with E-state index in [4.69, 9.17) is 0 Å². The second-order valence-corrected chi connectivity index (χ2v) is 5.08. The minimum Gasteiger partial charge on any atom is -0.299 e. The van der Waals surface area contributed by atoms with Gasteiger partial charge in [0.25, 0.3) is 0 Å². The van der Waals surface area contributed by atoms with Crippen LogP contribution < -0.4 is 5.69 Å². The third kappa shape index (κ3) is 3.18. The van der Waals surface area contributed by atoms with Crippen molar-refractivity contribution in [1.82, 2.24) is 9.13 Å². The molecule has 0 radical (unpaired) electrons. The van der Waals surface area contributed by atoms with Gasteiger partial charge in [-0.3, -0.25) is 9.13 Å². The number of rotatable bonds is 7. The van der Waals surface area contributed by atoms with E-state index in [1.54, 1.807) is 4.57 Å². The van der Waals surface area contributed by atoms with Crippen molar-refractivity contribution in [3.05, 3.63) is 22.9 Å². The summed E-state index contributed by atoms with van der Waals surface area (Å²) >= 11 is 4.45. The van der Waals surface area contributed by atoms with Gasteiger partial charge in [-0.05, 0) is 30.4 Å². The lowest BCUT2D eigenvalue weighted by atomic mass is 9.84. The van der Waals surface area contributed by atoms with E-state index in [1.165, 1.54) is 0 Å². The first-order chi connectivity index (χ1) is 8.12. The summed E-state index contributed by atoms with van der Waals surface area (Å²) in [5.41, 5.74) is 0.255. The summed E-state index contributed by atoms with van der Waals surface area (Å²) in [6.07, 6.45) is 6.89. The van der Waals surface area contributed by atoms with Gasteiger partial charge in [-0.2, -0.15) is 12.6 Å². The number of hydrogen-bond donors (Lipinski definition) is 1. The van der Waals surface area contributed by atoms with Gasteiger partial charge in [-0.1, -0.05) is 20.8 Å². The van der Waals surface area contributed by atoms with E-state index in [0.717, 1.165) is 38.1 Å². The minimum atomic E-state index is 0.111. The lowest BCUT2D eigenvalue weighted by molar-refractivity contribution is 0.254. The second kappa shape index (κ2) is 6.34. The fraction of sp³-hybridized carbons (Fsp3) is 0.769. The summed E-state index contributed by atoms with van der Waals surface area (Å²) < 4.78 is 3.62. The van der Waals surface area contributed by atoms with E-state index in [9.17, 15) is 4.79 Å². The fourth-order valence-corrected chi connectivity index (χ4v) is 2.64. The molecule has 98 valence electrons. The average Bonchev–Trinajstić information content (AvgIpc) is 2.69. The Morgan fingerprint density at radius 2 is 1.76 bits per heavy atom. The maximum absolute atomic E-state index is 12.1. The van der Waals surface area contributed by atoms with Crippen molar-refractivity contribution in [3.63, 3.8) is 0 Å². The van der Waals surface area contributed by atoms with Crippen LogP contribution in [0.1, 0.15) is 40.0 Å². The van der Waals surface area contributed by atoms with Crippen LogP contribution >= 0.6 is 12.6 Å².